The maximum Gasteiger partial charge on any atom is 0.305 e. The topological polar surface area (TPSA) is 83.4 Å². The van der Waals surface area contributed by atoms with Crippen LogP contribution in [0.4, 0.5) is 0 Å². The number of aromatic nitrogens is 2. The highest BCUT2D eigenvalue weighted by atomic mass is 32.1. The minimum absolute atomic E-state index is 0.0934. The molecule has 0 unspecified atom stereocenters. The van der Waals surface area contributed by atoms with Crippen molar-refractivity contribution in [2.24, 2.45) is 0 Å². The fourth-order valence-corrected chi connectivity index (χ4v) is 2.62. The van der Waals surface area contributed by atoms with Gasteiger partial charge in [0, 0.05) is 25.5 Å². The summed E-state index contributed by atoms with van der Waals surface area (Å²) in [7, 11) is 0. The number of amides is 1. The van der Waals surface area contributed by atoms with Crippen molar-refractivity contribution in [2.75, 3.05) is 6.54 Å². The Kier molecular flexibility index (Phi) is 4.99. The zero-order valence-corrected chi connectivity index (χ0v) is 12.3. The van der Waals surface area contributed by atoms with Crippen LogP contribution >= 0.6 is 11.3 Å². The van der Waals surface area contributed by atoms with Gasteiger partial charge >= 0.3 is 5.97 Å². The number of hydrogen-bond donors (Lipinski definition) is 1. The number of carboxylic acid groups (broad SMARTS) is 1. The first-order valence-corrected chi connectivity index (χ1v) is 7.26. The van der Waals surface area contributed by atoms with E-state index in [1.165, 1.54) is 16.2 Å². The van der Waals surface area contributed by atoms with Gasteiger partial charge in [-0.2, -0.15) is 0 Å². The maximum absolute atomic E-state index is 12.5. The average Bonchev–Trinajstić information content (AvgIpc) is 2.90. The van der Waals surface area contributed by atoms with Crippen LogP contribution in [0.2, 0.25) is 0 Å². The van der Waals surface area contributed by atoms with Crippen molar-refractivity contribution in [3.8, 4) is 0 Å². The first-order valence-electron chi connectivity index (χ1n) is 6.38. The van der Waals surface area contributed by atoms with E-state index in [-0.39, 0.29) is 18.9 Å². The van der Waals surface area contributed by atoms with Gasteiger partial charge in [-0.1, -0.05) is 6.07 Å². The third-order valence-electron chi connectivity index (χ3n) is 2.92. The molecule has 0 fully saturated rings. The minimum Gasteiger partial charge on any atom is -0.481 e. The van der Waals surface area contributed by atoms with Crippen LogP contribution in [-0.2, 0) is 11.3 Å². The van der Waals surface area contributed by atoms with Crippen molar-refractivity contribution in [2.45, 2.75) is 19.9 Å². The van der Waals surface area contributed by atoms with E-state index in [1.807, 2.05) is 6.07 Å². The predicted molar refractivity (Wildman–Crippen MR) is 78.1 cm³/mol. The molecule has 1 N–H and O–H groups in total. The molecule has 2 rings (SSSR count). The zero-order valence-electron chi connectivity index (χ0n) is 11.5. The van der Waals surface area contributed by atoms with Gasteiger partial charge < -0.3 is 10.0 Å². The second-order valence-corrected chi connectivity index (χ2v) is 5.35. The highest BCUT2D eigenvalue weighted by Crippen LogP contribution is 2.17. The van der Waals surface area contributed by atoms with Gasteiger partial charge in [0.1, 0.15) is 4.88 Å². The number of nitrogens with zero attached hydrogens (tertiary/aromatic N) is 3. The zero-order chi connectivity index (χ0) is 15.2. The molecular formula is C14H15N3O3S. The molecule has 0 radical (unpaired) electrons. The van der Waals surface area contributed by atoms with Crippen LogP contribution in [0, 0.1) is 6.92 Å². The molecule has 0 aliphatic carbocycles. The Balaban J connectivity index is 2.17. The fourth-order valence-electron chi connectivity index (χ4n) is 1.85. The van der Waals surface area contributed by atoms with Crippen LogP contribution in [0.5, 0.6) is 0 Å². The molecule has 7 heteroatoms. The Morgan fingerprint density at radius 3 is 2.81 bits per heavy atom. The van der Waals surface area contributed by atoms with Crippen LogP contribution in [0.25, 0.3) is 0 Å². The molecule has 21 heavy (non-hydrogen) atoms. The number of carboxylic acids is 1. The normalized spacial score (nSPS) is 10.3. The van der Waals surface area contributed by atoms with E-state index in [0.717, 1.165) is 5.56 Å². The summed E-state index contributed by atoms with van der Waals surface area (Å²) >= 11 is 1.27. The predicted octanol–water partition coefficient (Wildman–Crippen LogP) is 1.96. The largest absolute Gasteiger partial charge is 0.481 e. The molecular weight excluding hydrogens is 290 g/mol. The number of pyridine rings is 1. The van der Waals surface area contributed by atoms with Crippen molar-refractivity contribution in [3.05, 3.63) is 46.2 Å². The van der Waals surface area contributed by atoms with E-state index in [4.69, 9.17) is 5.11 Å². The second kappa shape index (κ2) is 6.94. The third kappa shape index (κ3) is 4.09. The van der Waals surface area contributed by atoms with E-state index in [2.05, 4.69) is 9.97 Å². The quantitative estimate of drug-likeness (QED) is 0.882. The molecule has 0 aromatic carbocycles. The number of aliphatic carboxylic acids is 1. The van der Waals surface area contributed by atoms with Gasteiger partial charge in [0.25, 0.3) is 5.91 Å². The van der Waals surface area contributed by atoms with E-state index < -0.39 is 5.97 Å². The van der Waals surface area contributed by atoms with Crippen molar-refractivity contribution < 1.29 is 14.7 Å². The van der Waals surface area contributed by atoms with Crippen LogP contribution in [0.15, 0.2) is 30.0 Å². The molecule has 0 saturated heterocycles. The Morgan fingerprint density at radius 2 is 2.24 bits per heavy atom. The van der Waals surface area contributed by atoms with E-state index in [9.17, 15) is 9.59 Å². The molecule has 2 aromatic heterocycles. The number of rotatable bonds is 6. The first-order chi connectivity index (χ1) is 10.1. The molecule has 0 saturated carbocycles. The van der Waals surface area contributed by atoms with E-state index in [0.29, 0.717) is 17.1 Å². The van der Waals surface area contributed by atoms with Gasteiger partial charge in [-0.05, 0) is 18.6 Å². The van der Waals surface area contributed by atoms with Gasteiger partial charge in [-0.15, -0.1) is 11.3 Å². The Morgan fingerprint density at radius 1 is 1.43 bits per heavy atom. The van der Waals surface area contributed by atoms with Gasteiger partial charge in [0.15, 0.2) is 0 Å². The summed E-state index contributed by atoms with van der Waals surface area (Å²) in [5, 5.41) is 8.84. The van der Waals surface area contributed by atoms with Gasteiger partial charge in [0.2, 0.25) is 0 Å². The first kappa shape index (κ1) is 15.1. The summed E-state index contributed by atoms with van der Waals surface area (Å²) in [5.74, 6) is -1.12. The summed E-state index contributed by atoms with van der Waals surface area (Å²) in [4.78, 5) is 33.4. The molecule has 0 aliphatic rings. The lowest BCUT2D eigenvalue weighted by atomic mass is 10.2. The van der Waals surface area contributed by atoms with Crippen LogP contribution in [-0.4, -0.2) is 38.4 Å². The van der Waals surface area contributed by atoms with E-state index >= 15 is 0 Å². The monoisotopic (exact) mass is 305 g/mol. The average molecular weight is 305 g/mol. The number of carbonyl (C=O) groups excluding carboxylic acids is 1. The number of hydrogen-bond acceptors (Lipinski definition) is 5. The van der Waals surface area contributed by atoms with Gasteiger partial charge in [0.05, 0.1) is 17.6 Å². The molecule has 1 amide bonds. The van der Waals surface area contributed by atoms with Crippen molar-refractivity contribution in [1.82, 2.24) is 14.9 Å². The minimum atomic E-state index is -0.931. The van der Waals surface area contributed by atoms with Gasteiger partial charge in [-0.3, -0.25) is 14.6 Å². The summed E-state index contributed by atoms with van der Waals surface area (Å²) in [6.45, 7) is 2.25. The molecule has 2 aromatic rings. The standard InChI is InChI=1S/C14H15N3O3S/c1-10-13(21-9-16-10)14(20)17(6-4-12(18)19)8-11-3-2-5-15-7-11/h2-3,5,7,9H,4,6,8H2,1H3,(H,18,19). The molecule has 110 valence electrons. The third-order valence-corrected chi connectivity index (χ3v) is 3.84. The lowest BCUT2D eigenvalue weighted by Gasteiger charge is -2.21. The van der Waals surface area contributed by atoms with E-state index in [1.54, 1.807) is 30.9 Å². The van der Waals surface area contributed by atoms with Crippen LogP contribution in [0.3, 0.4) is 0 Å². The highest BCUT2D eigenvalue weighted by Gasteiger charge is 2.20. The Bertz CT molecular complexity index is 627. The summed E-state index contributed by atoms with van der Waals surface area (Å²) in [6, 6.07) is 3.64. The molecule has 2 heterocycles. The van der Waals surface area contributed by atoms with Crippen LogP contribution in [0.1, 0.15) is 27.3 Å². The van der Waals surface area contributed by atoms with Crippen molar-refractivity contribution in [1.29, 1.82) is 0 Å². The summed E-state index contributed by atoms with van der Waals surface area (Å²) in [5.41, 5.74) is 3.14. The second-order valence-electron chi connectivity index (χ2n) is 4.50. The van der Waals surface area contributed by atoms with Crippen LogP contribution < -0.4 is 0 Å². The molecule has 0 atom stereocenters. The van der Waals surface area contributed by atoms with Crippen molar-refractivity contribution >= 4 is 23.2 Å². The summed E-state index contributed by atoms with van der Waals surface area (Å²) < 4.78 is 0. The number of aryl methyl sites for hydroxylation is 1. The fraction of sp³-hybridized carbons (Fsp3) is 0.286. The highest BCUT2D eigenvalue weighted by molar-refractivity contribution is 7.11. The van der Waals surface area contributed by atoms with Crippen molar-refractivity contribution in [3.63, 3.8) is 0 Å². The Labute approximate surface area is 126 Å². The SMILES string of the molecule is Cc1ncsc1C(=O)N(CCC(=O)O)Cc1cccnc1. The molecule has 0 aliphatic heterocycles. The molecule has 6 nitrogen and oxygen atoms in total. The maximum atomic E-state index is 12.5. The van der Waals surface area contributed by atoms with Gasteiger partial charge in [-0.25, -0.2) is 4.98 Å². The molecule has 0 spiro atoms. The lowest BCUT2D eigenvalue weighted by Crippen LogP contribution is -2.32. The number of thiazole rings is 1. The summed E-state index contributed by atoms with van der Waals surface area (Å²) in [6.07, 6.45) is 3.23. The lowest BCUT2D eigenvalue weighted by molar-refractivity contribution is -0.137. The number of carbonyl (C=O) groups is 2. The molecule has 0 bridgehead atoms. The Hall–Kier alpha value is -2.28. The smallest absolute Gasteiger partial charge is 0.305 e.